The summed E-state index contributed by atoms with van der Waals surface area (Å²) >= 11 is 0. The Balaban J connectivity index is 4.46. The van der Waals surface area contributed by atoms with Crippen LogP contribution in [0.5, 0.6) is 0 Å². The fourth-order valence-corrected chi connectivity index (χ4v) is 6.00. The van der Waals surface area contributed by atoms with Gasteiger partial charge in [0, 0.05) is 19.3 Å². The van der Waals surface area contributed by atoms with E-state index in [4.69, 9.17) is 14.2 Å². The molecule has 1 atom stereocenters. The topological polar surface area (TPSA) is 78.9 Å². The number of rotatable bonds is 40. The van der Waals surface area contributed by atoms with E-state index in [1.807, 2.05) is 0 Å². The molecule has 0 aliphatic heterocycles. The van der Waals surface area contributed by atoms with Crippen LogP contribution in [0.4, 0.5) is 0 Å². The zero-order valence-electron chi connectivity index (χ0n) is 36.4. The Morgan fingerprint density at radius 1 is 0.393 bits per heavy atom. The Morgan fingerprint density at radius 3 is 1.25 bits per heavy atom. The van der Waals surface area contributed by atoms with E-state index in [-0.39, 0.29) is 37.5 Å². The summed E-state index contributed by atoms with van der Waals surface area (Å²) in [7, 11) is 0. The molecule has 6 nitrogen and oxygen atoms in total. The smallest absolute Gasteiger partial charge is 0.306 e. The van der Waals surface area contributed by atoms with Crippen molar-refractivity contribution in [3.63, 3.8) is 0 Å². The molecule has 0 aliphatic carbocycles. The Kier molecular flexibility index (Phi) is 42.1. The molecule has 0 aromatic heterocycles. The van der Waals surface area contributed by atoms with Crippen LogP contribution in [-0.2, 0) is 28.6 Å². The first-order valence-electron chi connectivity index (χ1n) is 23.0. The molecule has 0 saturated heterocycles. The van der Waals surface area contributed by atoms with Gasteiger partial charge in [0.2, 0.25) is 0 Å². The number of hydrogen-bond donors (Lipinski definition) is 0. The number of ether oxygens (including phenoxy) is 3. The number of carbonyl (C=O) groups excluding carboxylic acids is 3. The predicted octanol–water partition coefficient (Wildman–Crippen LogP) is 14.7. The Bertz CT molecular complexity index is 1080. The quantitative estimate of drug-likeness (QED) is 0.0203. The van der Waals surface area contributed by atoms with Crippen LogP contribution >= 0.6 is 0 Å². The van der Waals surface area contributed by atoms with Gasteiger partial charge >= 0.3 is 17.9 Å². The number of allylic oxidation sites excluding steroid dienone is 12. The maximum atomic E-state index is 12.7. The van der Waals surface area contributed by atoms with Gasteiger partial charge in [-0.1, -0.05) is 184 Å². The zero-order valence-corrected chi connectivity index (χ0v) is 36.4. The molecular weight excluding hydrogens is 697 g/mol. The van der Waals surface area contributed by atoms with E-state index in [0.29, 0.717) is 12.8 Å². The monoisotopic (exact) mass is 781 g/mol. The van der Waals surface area contributed by atoms with Gasteiger partial charge in [0.15, 0.2) is 6.10 Å². The first-order chi connectivity index (χ1) is 27.5. The summed E-state index contributed by atoms with van der Waals surface area (Å²) in [5.41, 5.74) is 0. The molecule has 0 heterocycles. The van der Waals surface area contributed by atoms with Crippen molar-refractivity contribution < 1.29 is 28.6 Å². The molecule has 0 fully saturated rings. The summed E-state index contributed by atoms with van der Waals surface area (Å²) < 4.78 is 16.6. The zero-order chi connectivity index (χ0) is 40.8. The molecule has 0 spiro atoms. The predicted molar refractivity (Wildman–Crippen MR) is 238 cm³/mol. The van der Waals surface area contributed by atoms with Gasteiger partial charge in [-0.3, -0.25) is 14.4 Å². The van der Waals surface area contributed by atoms with Crippen LogP contribution in [0, 0.1) is 0 Å². The minimum atomic E-state index is -0.798. The van der Waals surface area contributed by atoms with E-state index in [2.05, 4.69) is 93.7 Å². The maximum absolute atomic E-state index is 12.7. The van der Waals surface area contributed by atoms with E-state index in [1.165, 1.54) is 64.2 Å². The molecule has 0 bridgehead atoms. The van der Waals surface area contributed by atoms with Crippen LogP contribution < -0.4 is 0 Å². The molecule has 0 aliphatic rings. The van der Waals surface area contributed by atoms with Crippen LogP contribution in [0.2, 0.25) is 0 Å². The van der Waals surface area contributed by atoms with E-state index in [1.54, 1.807) is 0 Å². The fraction of sp³-hybridized carbons (Fsp3) is 0.700. The number of carbonyl (C=O) groups is 3. The summed E-state index contributed by atoms with van der Waals surface area (Å²) in [4.78, 5) is 37.7. The third-order valence-corrected chi connectivity index (χ3v) is 9.47. The highest BCUT2D eigenvalue weighted by Gasteiger charge is 2.19. The van der Waals surface area contributed by atoms with Crippen LogP contribution in [0.1, 0.15) is 207 Å². The van der Waals surface area contributed by atoms with Crippen molar-refractivity contribution in [1.29, 1.82) is 0 Å². The molecule has 56 heavy (non-hydrogen) atoms. The molecule has 320 valence electrons. The summed E-state index contributed by atoms with van der Waals surface area (Å²) in [6.07, 6.45) is 54.5. The minimum absolute atomic E-state index is 0.0959. The molecule has 6 heteroatoms. The second-order valence-electron chi connectivity index (χ2n) is 15.0. The summed E-state index contributed by atoms with van der Waals surface area (Å²) in [6, 6.07) is 0. The first kappa shape index (κ1) is 52.9. The molecule has 0 aromatic carbocycles. The van der Waals surface area contributed by atoms with Crippen molar-refractivity contribution in [1.82, 2.24) is 0 Å². The van der Waals surface area contributed by atoms with Crippen LogP contribution in [0.15, 0.2) is 72.9 Å². The molecule has 0 radical (unpaired) electrons. The summed E-state index contributed by atoms with van der Waals surface area (Å²) in [5, 5.41) is 0. The lowest BCUT2D eigenvalue weighted by Gasteiger charge is -2.18. The van der Waals surface area contributed by atoms with Crippen molar-refractivity contribution in [3.8, 4) is 0 Å². The normalized spacial score (nSPS) is 12.7. The van der Waals surface area contributed by atoms with Gasteiger partial charge in [-0.05, 0) is 77.0 Å². The average Bonchev–Trinajstić information content (AvgIpc) is 3.19. The van der Waals surface area contributed by atoms with Crippen molar-refractivity contribution in [2.45, 2.75) is 213 Å². The largest absolute Gasteiger partial charge is 0.462 e. The van der Waals surface area contributed by atoms with Gasteiger partial charge < -0.3 is 14.2 Å². The van der Waals surface area contributed by atoms with Crippen LogP contribution in [0.3, 0.4) is 0 Å². The molecule has 0 saturated carbocycles. The van der Waals surface area contributed by atoms with Crippen molar-refractivity contribution in [2.75, 3.05) is 13.2 Å². The van der Waals surface area contributed by atoms with E-state index in [0.717, 1.165) is 103 Å². The Labute approximate surface area is 344 Å². The first-order valence-corrected chi connectivity index (χ1v) is 23.0. The Morgan fingerprint density at radius 2 is 0.768 bits per heavy atom. The lowest BCUT2D eigenvalue weighted by atomic mass is 10.1. The van der Waals surface area contributed by atoms with Gasteiger partial charge in [0.05, 0.1) is 0 Å². The van der Waals surface area contributed by atoms with E-state index < -0.39 is 6.10 Å². The van der Waals surface area contributed by atoms with Gasteiger partial charge in [0.25, 0.3) is 0 Å². The van der Waals surface area contributed by atoms with E-state index in [9.17, 15) is 14.4 Å². The van der Waals surface area contributed by atoms with Crippen LogP contribution in [-0.4, -0.2) is 37.2 Å². The highest BCUT2D eigenvalue weighted by Crippen LogP contribution is 2.13. The van der Waals surface area contributed by atoms with Gasteiger partial charge in [-0.2, -0.15) is 0 Å². The van der Waals surface area contributed by atoms with Crippen molar-refractivity contribution in [3.05, 3.63) is 72.9 Å². The Hall–Kier alpha value is -3.15. The highest BCUT2D eigenvalue weighted by atomic mass is 16.6. The van der Waals surface area contributed by atoms with Gasteiger partial charge in [-0.25, -0.2) is 0 Å². The lowest BCUT2D eigenvalue weighted by molar-refractivity contribution is -0.167. The maximum Gasteiger partial charge on any atom is 0.306 e. The van der Waals surface area contributed by atoms with Crippen LogP contribution in [0.25, 0.3) is 0 Å². The molecule has 0 aromatic rings. The SMILES string of the molecule is CC/C=C\C/C=C\C/C=C\C/C=C\CCCCCC(=O)OCC(COC(=O)CCCCCCCCCCCCC)OC(=O)CCCCC/C=C\C=C/CCCC. The number of hydrogen-bond acceptors (Lipinski definition) is 6. The van der Waals surface area contributed by atoms with Crippen molar-refractivity contribution in [2.24, 2.45) is 0 Å². The van der Waals surface area contributed by atoms with Gasteiger partial charge in [0.1, 0.15) is 13.2 Å². The summed E-state index contributed by atoms with van der Waals surface area (Å²) in [6.45, 7) is 6.39. The molecule has 0 amide bonds. The number of unbranched alkanes of at least 4 members (excludes halogenated alkanes) is 18. The third kappa shape index (κ3) is 42.0. The second-order valence-corrected chi connectivity index (χ2v) is 15.0. The van der Waals surface area contributed by atoms with E-state index >= 15 is 0 Å². The highest BCUT2D eigenvalue weighted by molar-refractivity contribution is 5.71. The number of esters is 3. The second kappa shape index (κ2) is 44.6. The lowest BCUT2D eigenvalue weighted by Crippen LogP contribution is -2.30. The standard InChI is InChI=1S/C50H84O6/c1-4-7-10-13-16-19-22-23-24-25-26-29-31-34-37-40-43-49(52)55-46-47(56-50(53)44-41-38-35-32-28-21-18-15-12-9-6-3)45-54-48(51)42-39-36-33-30-27-20-17-14-11-8-5-2/h7,10,15-16,18-19,21,23-24,26,28-29,47H,4-6,8-9,11-14,17,20,22,25,27,30-46H2,1-3H3/b10-7-,18-15-,19-16-,24-23-,28-21-,29-26-. The average molecular weight is 781 g/mol. The fourth-order valence-electron chi connectivity index (χ4n) is 6.00. The molecule has 0 rings (SSSR count). The molecule has 0 N–H and O–H groups in total. The minimum Gasteiger partial charge on any atom is -0.462 e. The van der Waals surface area contributed by atoms with Crippen molar-refractivity contribution >= 4 is 17.9 Å². The third-order valence-electron chi connectivity index (χ3n) is 9.47. The van der Waals surface area contributed by atoms with Gasteiger partial charge in [-0.15, -0.1) is 0 Å². The molecule has 1 unspecified atom stereocenters. The molecular formula is C50H84O6. The summed E-state index contributed by atoms with van der Waals surface area (Å²) in [5.74, 6) is -0.963.